The molecule has 1 aliphatic heterocycles. The summed E-state index contributed by atoms with van der Waals surface area (Å²) >= 11 is 0. The summed E-state index contributed by atoms with van der Waals surface area (Å²) in [5.41, 5.74) is 0.178. The Labute approximate surface area is 95.5 Å². The number of halogens is 2. The third-order valence-electron chi connectivity index (χ3n) is 2.72. The summed E-state index contributed by atoms with van der Waals surface area (Å²) in [6.45, 7) is 0.195. The quantitative estimate of drug-likeness (QED) is 0.796. The molecule has 1 amide bonds. The molecule has 1 aromatic rings. The first-order valence-electron chi connectivity index (χ1n) is 5.00. The molecule has 1 N–H and O–H groups in total. The second-order valence-corrected chi connectivity index (χ2v) is 3.77. The van der Waals surface area contributed by atoms with Gasteiger partial charge in [0.2, 0.25) is 5.91 Å². The lowest BCUT2D eigenvalue weighted by atomic mass is 10.1. The van der Waals surface area contributed by atoms with Gasteiger partial charge in [0.05, 0.1) is 0 Å². The highest BCUT2D eigenvalue weighted by Crippen LogP contribution is 2.26. The van der Waals surface area contributed by atoms with Crippen molar-refractivity contribution in [2.24, 2.45) is 5.92 Å². The number of anilines is 1. The van der Waals surface area contributed by atoms with Crippen molar-refractivity contribution in [2.75, 3.05) is 11.4 Å². The number of rotatable bonds is 2. The molecule has 1 saturated heterocycles. The lowest BCUT2D eigenvalue weighted by molar-refractivity contribution is -0.144. The Balaban J connectivity index is 2.27. The highest BCUT2D eigenvalue weighted by molar-refractivity contribution is 6.07. The molecule has 0 bridgehead atoms. The highest BCUT2D eigenvalue weighted by Gasteiger charge is 2.37. The van der Waals surface area contributed by atoms with Gasteiger partial charge in [-0.15, -0.1) is 0 Å². The summed E-state index contributed by atoms with van der Waals surface area (Å²) in [7, 11) is 0. The fourth-order valence-corrected chi connectivity index (χ4v) is 1.82. The maximum Gasteiger partial charge on any atom is 0.316 e. The van der Waals surface area contributed by atoms with Crippen molar-refractivity contribution >= 4 is 17.6 Å². The molecule has 1 heterocycles. The summed E-state index contributed by atoms with van der Waals surface area (Å²) < 4.78 is 25.7. The van der Waals surface area contributed by atoms with E-state index in [9.17, 15) is 18.4 Å². The van der Waals surface area contributed by atoms with Crippen LogP contribution in [0.5, 0.6) is 0 Å². The summed E-state index contributed by atoms with van der Waals surface area (Å²) in [5.74, 6) is -4.95. The predicted molar refractivity (Wildman–Crippen MR) is 54.5 cm³/mol. The Kier molecular flexibility index (Phi) is 2.79. The van der Waals surface area contributed by atoms with E-state index in [1.807, 2.05) is 0 Å². The minimum Gasteiger partial charge on any atom is -0.481 e. The monoisotopic (exact) mass is 241 g/mol. The predicted octanol–water partition coefficient (Wildman–Crippen LogP) is 1.40. The Bertz CT molecular complexity index is 490. The van der Waals surface area contributed by atoms with Gasteiger partial charge in [0.25, 0.3) is 0 Å². The largest absolute Gasteiger partial charge is 0.481 e. The van der Waals surface area contributed by atoms with E-state index in [2.05, 4.69) is 0 Å². The molecule has 0 radical (unpaired) electrons. The van der Waals surface area contributed by atoms with E-state index in [0.29, 0.717) is 0 Å². The Hall–Kier alpha value is -1.98. The van der Waals surface area contributed by atoms with Crippen LogP contribution in [-0.2, 0) is 9.59 Å². The number of carboxylic acid groups (broad SMARTS) is 1. The first kappa shape index (κ1) is 11.5. The van der Waals surface area contributed by atoms with Gasteiger partial charge in [0.15, 0.2) is 11.6 Å². The number of carbonyl (C=O) groups is 2. The minimum absolute atomic E-state index is 0.174. The van der Waals surface area contributed by atoms with E-state index >= 15 is 0 Å². The molecular weight excluding hydrogens is 232 g/mol. The second-order valence-electron chi connectivity index (χ2n) is 3.77. The maximum absolute atomic E-state index is 13.0. The second kappa shape index (κ2) is 4.12. The maximum atomic E-state index is 13.0. The summed E-state index contributed by atoms with van der Waals surface area (Å²) in [6.07, 6.45) is 0.174. The third kappa shape index (κ3) is 1.98. The fourth-order valence-electron chi connectivity index (χ4n) is 1.82. The number of aliphatic carboxylic acids is 1. The molecule has 2 rings (SSSR count). The van der Waals surface area contributed by atoms with Gasteiger partial charge in [0, 0.05) is 18.3 Å². The van der Waals surface area contributed by atoms with E-state index in [4.69, 9.17) is 5.11 Å². The smallest absolute Gasteiger partial charge is 0.316 e. The first-order valence-corrected chi connectivity index (χ1v) is 5.00. The van der Waals surface area contributed by atoms with Crippen LogP contribution in [0.15, 0.2) is 18.2 Å². The van der Waals surface area contributed by atoms with Gasteiger partial charge in [-0.2, -0.15) is 0 Å². The lowest BCUT2D eigenvalue weighted by Gasteiger charge is -2.16. The van der Waals surface area contributed by atoms with Gasteiger partial charge in [-0.1, -0.05) is 0 Å². The van der Waals surface area contributed by atoms with Crippen LogP contribution in [0.1, 0.15) is 6.42 Å². The van der Waals surface area contributed by atoms with Gasteiger partial charge < -0.3 is 10.0 Å². The van der Waals surface area contributed by atoms with Crippen molar-refractivity contribution < 1.29 is 23.5 Å². The van der Waals surface area contributed by atoms with Crippen LogP contribution in [0.2, 0.25) is 0 Å². The highest BCUT2D eigenvalue weighted by atomic mass is 19.2. The lowest BCUT2D eigenvalue weighted by Crippen LogP contribution is -2.30. The molecule has 1 aliphatic rings. The molecule has 1 atom stereocenters. The molecule has 17 heavy (non-hydrogen) atoms. The normalized spacial score (nSPS) is 19.8. The standard InChI is InChI=1S/C11H9F2NO3/c12-8-2-1-6(5-9(8)13)14-4-3-7(10(14)15)11(16)17/h1-2,5,7H,3-4H2,(H,16,17)/t7-/m0/s1. The topological polar surface area (TPSA) is 57.6 Å². The molecule has 1 fully saturated rings. The zero-order valence-corrected chi connectivity index (χ0v) is 8.69. The van der Waals surface area contributed by atoms with Gasteiger partial charge in [-0.25, -0.2) is 8.78 Å². The van der Waals surface area contributed by atoms with Crippen LogP contribution in [0.3, 0.4) is 0 Å². The van der Waals surface area contributed by atoms with Crippen LogP contribution in [0.25, 0.3) is 0 Å². The van der Waals surface area contributed by atoms with Gasteiger partial charge in [-0.3, -0.25) is 9.59 Å². The van der Waals surface area contributed by atoms with Crippen LogP contribution in [0.4, 0.5) is 14.5 Å². The number of hydrogen-bond acceptors (Lipinski definition) is 2. The molecule has 0 unspecified atom stereocenters. The average molecular weight is 241 g/mol. The van der Waals surface area contributed by atoms with Crippen molar-refractivity contribution in [3.05, 3.63) is 29.8 Å². The third-order valence-corrected chi connectivity index (χ3v) is 2.72. The molecular formula is C11H9F2NO3. The van der Waals surface area contributed by atoms with Crippen LogP contribution >= 0.6 is 0 Å². The SMILES string of the molecule is O=C(O)[C@H]1CCN(c2ccc(F)c(F)c2)C1=O. The number of carboxylic acids is 1. The van der Waals surface area contributed by atoms with Gasteiger partial charge >= 0.3 is 5.97 Å². The van der Waals surface area contributed by atoms with Gasteiger partial charge in [0.1, 0.15) is 5.92 Å². The Morgan fingerprint density at radius 2 is 2.06 bits per heavy atom. The minimum atomic E-state index is -1.19. The van der Waals surface area contributed by atoms with Crippen LogP contribution in [0, 0.1) is 17.6 Å². The van der Waals surface area contributed by atoms with Crippen molar-refractivity contribution in [1.29, 1.82) is 0 Å². The van der Waals surface area contributed by atoms with Gasteiger partial charge in [-0.05, 0) is 18.6 Å². The van der Waals surface area contributed by atoms with E-state index in [0.717, 1.165) is 17.0 Å². The summed E-state index contributed by atoms with van der Waals surface area (Å²) in [4.78, 5) is 23.6. The number of hydrogen-bond donors (Lipinski definition) is 1. The van der Waals surface area contributed by atoms with E-state index in [1.165, 1.54) is 6.07 Å². The van der Waals surface area contributed by atoms with Crippen molar-refractivity contribution in [1.82, 2.24) is 0 Å². The fraction of sp³-hybridized carbons (Fsp3) is 0.273. The molecule has 6 heteroatoms. The van der Waals surface area contributed by atoms with E-state index in [1.54, 1.807) is 0 Å². The average Bonchev–Trinajstić information content (AvgIpc) is 2.64. The number of benzene rings is 1. The number of carbonyl (C=O) groups excluding carboxylic acids is 1. The summed E-state index contributed by atoms with van der Waals surface area (Å²) in [6, 6.07) is 3.05. The van der Waals surface area contributed by atoms with Crippen LogP contribution < -0.4 is 4.90 Å². The zero-order chi connectivity index (χ0) is 12.6. The van der Waals surface area contributed by atoms with Crippen molar-refractivity contribution in [3.63, 3.8) is 0 Å². The van der Waals surface area contributed by atoms with Crippen molar-refractivity contribution in [2.45, 2.75) is 6.42 Å². The molecule has 0 saturated carbocycles. The molecule has 1 aromatic carbocycles. The molecule has 90 valence electrons. The molecule has 0 spiro atoms. The molecule has 4 nitrogen and oxygen atoms in total. The molecule has 0 aliphatic carbocycles. The van der Waals surface area contributed by atoms with Crippen LogP contribution in [-0.4, -0.2) is 23.5 Å². The Morgan fingerprint density at radius 1 is 1.35 bits per heavy atom. The zero-order valence-electron chi connectivity index (χ0n) is 8.69. The van der Waals surface area contributed by atoms with E-state index in [-0.39, 0.29) is 18.7 Å². The Morgan fingerprint density at radius 3 is 2.59 bits per heavy atom. The number of amides is 1. The van der Waals surface area contributed by atoms with E-state index < -0.39 is 29.4 Å². The first-order chi connectivity index (χ1) is 8.00. The summed E-state index contributed by atoms with van der Waals surface area (Å²) in [5, 5.41) is 8.77. The van der Waals surface area contributed by atoms with Crippen molar-refractivity contribution in [3.8, 4) is 0 Å². The molecule has 0 aromatic heterocycles. The number of nitrogens with zero attached hydrogens (tertiary/aromatic N) is 1.